The van der Waals surface area contributed by atoms with Crippen molar-refractivity contribution < 1.29 is 80.7 Å². The van der Waals surface area contributed by atoms with Gasteiger partial charge in [-0.25, -0.2) is 40.7 Å². The molecule has 8 aliphatic rings. The number of hydrogen-bond acceptors (Lipinski definition) is 14. The monoisotopic (exact) mass is 1400 g/mol. The Labute approximate surface area is 567 Å². The highest BCUT2D eigenvalue weighted by atomic mass is 32.2. The Kier molecular flexibility index (Phi) is 34.4. The first-order valence-corrected chi connectivity index (χ1v) is 36.7. The van der Waals surface area contributed by atoms with Gasteiger partial charge in [-0.15, -0.1) is 0 Å². The van der Waals surface area contributed by atoms with Gasteiger partial charge in [-0.1, -0.05) is 30.3 Å². The Bertz CT molecular complexity index is 2460. The Hall–Kier alpha value is -3.89. The molecule has 8 aliphatic heterocycles. The van der Waals surface area contributed by atoms with Gasteiger partial charge in [-0.2, -0.15) is 21.6 Å². The molecule has 17 nitrogen and oxygen atoms in total. The third kappa shape index (κ3) is 33.5. The summed E-state index contributed by atoms with van der Waals surface area (Å²) < 4.78 is 144. The molecular formula is C69H117F9N8O9S. The number of benzene rings is 1. The average molecular weight is 1410 g/mol. The van der Waals surface area contributed by atoms with Gasteiger partial charge < -0.3 is 39.5 Å². The number of halogens is 9. The second-order valence-electron chi connectivity index (χ2n) is 30.8. The number of piperidine rings is 4. The van der Waals surface area contributed by atoms with Crippen LogP contribution in [0.15, 0.2) is 30.3 Å². The van der Waals surface area contributed by atoms with Crippen LogP contribution in [0.5, 0.6) is 0 Å². The van der Waals surface area contributed by atoms with E-state index >= 15 is 0 Å². The summed E-state index contributed by atoms with van der Waals surface area (Å²) in [5.74, 6) is 6.15. The summed E-state index contributed by atoms with van der Waals surface area (Å²) in [5.41, 5.74) is -5.46. The third-order valence-corrected chi connectivity index (χ3v) is 19.8. The van der Waals surface area contributed by atoms with Crippen LogP contribution in [0, 0.1) is 47.3 Å². The van der Waals surface area contributed by atoms with E-state index in [1.165, 1.54) is 83.1 Å². The maximum Gasteiger partial charge on any atom is 0.523 e. The average Bonchev–Trinajstić information content (AvgIpc) is 0.898. The lowest BCUT2D eigenvalue weighted by Crippen LogP contribution is -2.48. The van der Waals surface area contributed by atoms with E-state index in [0.717, 1.165) is 166 Å². The zero-order chi connectivity index (χ0) is 70.9. The minimum Gasteiger partial charge on any atom is -0.444 e. The summed E-state index contributed by atoms with van der Waals surface area (Å²) in [7, 11) is -5.87. The number of alkyl halides is 9. The van der Waals surface area contributed by atoms with Crippen molar-refractivity contribution in [3.63, 3.8) is 0 Å². The molecule has 8 saturated heterocycles. The summed E-state index contributed by atoms with van der Waals surface area (Å²) in [6, 6.07) is 10.8. The first-order valence-electron chi connectivity index (χ1n) is 35.3. The lowest BCUT2D eigenvalue weighted by molar-refractivity contribution is -0.0573. The molecule has 9 rings (SSSR count). The summed E-state index contributed by atoms with van der Waals surface area (Å²) in [6.45, 7) is 32.0. The molecule has 0 aromatic heterocycles. The van der Waals surface area contributed by atoms with E-state index in [4.69, 9.17) is 14.2 Å². The van der Waals surface area contributed by atoms with Gasteiger partial charge in [0.05, 0.1) is 13.1 Å². The molecule has 0 atom stereocenters. The molecule has 8 heterocycles. The van der Waals surface area contributed by atoms with Crippen molar-refractivity contribution in [3.05, 3.63) is 35.9 Å². The molecule has 1 aromatic carbocycles. The molecule has 556 valence electrons. The van der Waals surface area contributed by atoms with Crippen LogP contribution in [0.3, 0.4) is 0 Å². The van der Waals surface area contributed by atoms with Crippen molar-refractivity contribution in [1.29, 1.82) is 0 Å². The number of rotatable bonds is 21. The minimum absolute atomic E-state index is 0.0240. The molecule has 3 amide bonds. The first-order chi connectivity index (χ1) is 45.0. The largest absolute Gasteiger partial charge is 0.523 e. The number of nitrogens with zero attached hydrogens (tertiary/aromatic N) is 6. The quantitative estimate of drug-likeness (QED) is 0.0517. The highest BCUT2D eigenvalue weighted by Crippen LogP contribution is 2.33. The minimum atomic E-state index is -5.87. The lowest BCUT2D eigenvalue weighted by atomic mass is 9.86. The van der Waals surface area contributed by atoms with Crippen molar-refractivity contribution in [2.75, 3.05) is 124 Å². The second kappa shape index (κ2) is 39.9. The van der Waals surface area contributed by atoms with E-state index in [1.54, 1.807) is 4.90 Å². The van der Waals surface area contributed by atoms with Crippen LogP contribution in [0.25, 0.3) is 0 Å². The first kappa shape index (κ1) is 82.8. The van der Waals surface area contributed by atoms with Gasteiger partial charge in [-0.05, 0) is 244 Å². The fourth-order valence-electron chi connectivity index (χ4n) is 13.2. The Morgan fingerprint density at radius 1 is 0.448 bits per heavy atom. The molecule has 0 spiro atoms. The number of hydrogen-bond donors (Lipinski definition) is 2. The highest BCUT2D eigenvalue weighted by molar-refractivity contribution is 7.87. The van der Waals surface area contributed by atoms with Gasteiger partial charge in [0, 0.05) is 85.1 Å². The van der Waals surface area contributed by atoms with E-state index in [0.29, 0.717) is 17.8 Å². The summed E-state index contributed by atoms with van der Waals surface area (Å²) in [5, 5.41) is 6.69. The molecule has 0 bridgehead atoms. The molecule has 1 aromatic rings. The van der Waals surface area contributed by atoms with Crippen LogP contribution >= 0.6 is 0 Å². The molecule has 8 fully saturated rings. The number of nitrogens with one attached hydrogen (secondary N) is 2. The molecule has 27 heteroatoms. The van der Waals surface area contributed by atoms with Crippen LogP contribution in [-0.2, 0) is 35.1 Å². The van der Waals surface area contributed by atoms with Crippen LogP contribution in [0.2, 0.25) is 0 Å². The van der Waals surface area contributed by atoms with E-state index in [9.17, 15) is 62.3 Å². The summed E-state index contributed by atoms with van der Waals surface area (Å²) in [6.07, 6.45) is 11.2. The number of carbonyl (C=O) groups is 3. The summed E-state index contributed by atoms with van der Waals surface area (Å²) in [4.78, 5) is 47.9. The van der Waals surface area contributed by atoms with Gasteiger partial charge in [0.15, 0.2) is 0 Å². The standard InChI is InChI=1S/C22H34N2O2.C17H30F2N2O2.C15H28N2O2.C12H22F2N2.C3H3F5O3S/c1-22(2,3)26-21(25)24-13-11-18(12-14-24)9-10-20-16-23(17-20)15-19-7-5-4-6-8-19;1-17(2,3)23-16(22)21-8-6-13(7-9-21)4-5-14-10-20(11-14)12-15(18)19;1-15(2,3)19-14(18)17-8-6-12(7-9-17)4-5-13-10-16-11-13;13-12(14)9-16-7-11(8-16)2-1-10-3-5-15-6-4-10;4-2(5)1-11-12(9,10)3(6,7)8/h4-8,18,20H,9-17H2,1-3H3;13-15H,4-12H2,1-3H3;12-13,16H,4-11H2,1-3H3;10-12,15H,1-9H2;2H,1H2. The third-order valence-electron chi connectivity index (χ3n) is 18.8. The van der Waals surface area contributed by atoms with E-state index in [1.807, 2.05) is 81.9 Å². The van der Waals surface area contributed by atoms with Gasteiger partial charge in [0.1, 0.15) is 23.4 Å². The predicted octanol–water partition coefficient (Wildman–Crippen LogP) is 13.9. The number of ether oxygens (including phenoxy) is 3. The van der Waals surface area contributed by atoms with Crippen molar-refractivity contribution in [2.45, 2.75) is 213 Å². The Morgan fingerprint density at radius 2 is 0.760 bits per heavy atom. The maximum atomic E-state index is 12.2. The number of likely N-dealkylation sites (tertiary alicyclic amines) is 6. The fourth-order valence-corrected chi connectivity index (χ4v) is 13.7. The fraction of sp³-hybridized carbons (Fsp3) is 0.870. The SMILES string of the molecule is CC(C)(C)OC(=O)N1CCC(CCC2CN(CC(F)F)C2)CC1.CC(C)(C)OC(=O)N1CCC(CCC2CN(Cc3ccccc3)C2)CC1.CC(C)(C)OC(=O)N1CCC(CCC2CNC2)CC1.FC(F)CN1CC(CCC2CCNCC2)C1.O=S(=O)(OCC(F)F)C(F)(F)F. The van der Waals surface area contributed by atoms with Gasteiger partial charge in [0.25, 0.3) is 19.3 Å². The molecule has 0 aliphatic carbocycles. The maximum absolute atomic E-state index is 12.2. The molecule has 0 radical (unpaired) electrons. The van der Waals surface area contributed by atoms with Crippen LogP contribution in [0.1, 0.15) is 171 Å². The number of carbonyl (C=O) groups excluding carboxylic acids is 3. The zero-order valence-corrected chi connectivity index (χ0v) is 59.7. The number of amides is 3. The van der Waals surface area contributed by atoms with E-state index in [2.05, 4.69) is 50.0 Å². The predicted molar refractivity (Wildman–Crippen MR) is 354 cm³/mol. The highest BCUT2D eigenvalue weighted by Gasteiger charge is 2.48. The molecule has 96 heavy (non-hydrogen) atoms. The topological polar surface area (TPSA) is 166 Å². The lowest BCUT2D eigenvalue weighted by Gasteiger charge is -2.40. The Balaban J connectivity index is 0.000000222. The molecule has 0 unspecified atom stereocenters. The Morgan fingerprint density at radius 3 is 1.05 bits per heavy atom. The smallest absolute Gasteiger partial charge is 0.444 e. The van der Waals surface area contributed by atoms with Crippen LogP contribution < -0.4 is 10.6 Å². The summed E-state index contributed by atoms with van der Waals surface area (Å²) >= 11 is 0. The van der Waals surface area contributed by atoms with Crippen molar-refractivity contribution >= 4 is 28.4 Å². The normalized spacial score (nSPS) is 20.9. The van der Waals surface area contributed by atoms with Crippen molar-refractivity contribution in [1.82, 2.24) is 40.0 Å². The molecular weight excluding hydrogens is 1290 g/mol. The van der Waals surface area contributed by atoms with Crippen molar-refractivity contribution in [2.24, 2.45) is 47.3 Å². The van der Waals surface area contributed by atoms with Gasteiger partial charge >= 0.3 is 33.9 Å². The van der Waals surface area contributed by atoms with Crippen molar-refractivity contribution in [3.8, 4) is 0 Å². The van der Waals surface area contributed by atoms with Crippen LogP contribution in [-0.4, -0.2) is 222 Å². The van der Waals surface area contributed by atoms with Crippen LogP contribution in [0.4, 0.5) is 53.9 Å². The molecule has 0 saturated carbocycles. The zero-order valence-electron chi connectivity index (χ0n) is 58.9. The molecule has 2 N–H and O–H groups in total. The van der Waals surface area contributed by atoms with E-state index in [-0.39, 0.29) is 37.0 Å². The van der Waals surface area contributed by atoms with E-state index < -0.39 is 52.7 Å². The van der Waals surface area contributed by atoms with Gasteiger partial charge in [0.2, 0.25) is 0 Å². The second-order valence-corrected chi connectivity index (χ2v) is 32.4. The van der Waals surface area contributed by atoms with Gasteiger partial charge in [-0.3, -0.25) is 18.9 Å².